The maximum atomic E-state index is 12.0. The lowest BCUT2D eigenvalue weighted by molar-refractivity contribution is 0.0951. The molecule has 0 unspecified atom stereocenters. The second-order valence-electron chi connectivity index (χ2n) is 3.68. The fraction of sp³-hybridized carbons (Fsp3) is 0.167. The molecule has 0 spiro atoms. The Morgan fingerprint density at radius 1 is 1.42 bits per heavy atom. The molecule has 19 heavy (non-hydrogen) atoms. The van der Waals surface area contributed by atoms with E-state index in [1.807, 2.05) is 0 Å². The van der Waals surface area contributed by atoms with Crippen LogP contribution in [0.3, 0.4) is 0 Å². The number of benzene rings is 1. The number of carbonyl (C=O) groups excluding carboxylic acids is 1. The highest BCUT2D eigenvalue weighted by Crippen LogP contribution is 2.37. The first-order chi connectivity index (χ1) is 9.15. The SMILES string of the molecule is NCCNC(=O)c1ncsc1-c1cccc(Cl)c1Cl. The second kappa shape index (κ2) is 6.34. The summed E-state index contributed by atoms with van der Waals surface area (Å²) in [6.45, 7) is 0.780. The smallest absolute Gasteiger partial charge is 0.271 e. The van der Waals surface area contributed by atoms with E-state index in [-0.39, 0.29) is 5.91 Å². The number of carbonyl (C=O) groups is 1. The third kappa shape index (κ3) is 3.06. The Morgan fingerprint density at radius 2 is 2.21 bits per heavy atom. The summed E-state index contributed by atoms with van der Waals surface area (Å²) in [5, 5.41) is 3.55. The number of hydrogen-bond acceptors (Lipinski definition) is 4. The molecule has 1 amide bonds. The highest BCUT2D eigenvalue weighted by Gasteiger charge is 2.18. The van der Waals surface area contributed by atoms with E-state index in [0.717, 1.165) is 0 Å². The van der Waals surface area contributed by atoms with E-state index in [0.29, 0.717) is 39.3 Å². The summed E-state index contributed by atoms with van der Waals surface area (Å²) in [4.78, 5) is 16.7. The number of hydrogen-bond donors (Lipinski definition) is 2. The third-order valence-corrected chi connectivity index (χ3v) is 4.09. The van der Waals surface area contributed by atoms with E-state index in [1.165, 1.54) is 11.3 Å². The molecule has 0 saturated carbocycles. The van der Waals surface area contributed by atoms with Gasteiger partial charge in [0.05, 0.1) is 20.4 Å². The van der Waals surface area contributed by atoms with Gasteiger partial charge in [-0.15, -0.1) is 11.3 Å². The van der Waals surface area contributed by atoms with E-state index in [9.17, 15) is 4.79 Å². The number of halogens is 2. The van der Waals surface area contributed by atoms with Gasteiger partial charge in [0.15, 0.2) is 0 Å². The van der Waals surface area contributed by atoms with Gasteiger partial charge in [0, 0.05) is 18.7 Å². The fourth-order valence-corrected chi connectivity index (χ4v) is 2.82. The molecule has 4 nitrogen and oxygen atoms in total. The predicted octanol–water partition coefficient (Wildman–Crippen LogP) is 2.81. The highest BCUT2D eigenvalue weighted by atomic mass is 35.5. The maximum Gasteiger partial charge on any atom is 0.271 e. The molecule has 2 rings (SSSR count). The van der Waals surface area contributed by atoms with Crippen LogP contribution in [0.5, 0.6) is 0 Å². The van der Waals surface area contributed by atoms with Crippen LogP contribution in [0, 0.1) is 0 Å². The molecular formula is C12H11Cl2N3OS. The molecule has 0 aliphatic heterocycles. The summed E-state index contributed by atoms with van der Waals surface area (Å²) in [5.41, 5.74) is 7.99. The minimum Gasteiger partial charge on any atom is -0.349 e. The van der Waals surface area contributed by atoms with Crippen LogP contribution in [-0.4, -0.2) is 24.0 Å². The van der Waals surface area contributed by atoms with Crippen molar-refractivity contribution in [3.8, 4) is 10.4 Å². The van der Waals surface area contributed by atoms with Crippen molar-refractivity contribution in [3.63, 3.8) is 0 Å². The summed E-state index contributed by atoms with van der Waals surface area (Å²) < 4.78 is 0. The molecule has 0 atom stereocenters. The van der Waals surface area contributed by atoms with Crippen LogP contribution < -0.4 is 11.1 Å². The van der Waals surface area contributed by atoms with Crippen molar-refractivity contribution in [2.75, 3.05) is 13.1 Å². The Labute approximate surface area is 124 Å². The molecule has 100 valence electrons. The van der Waals surface area contributed by atoms with Crippen molar-refractivity contribution in [1.29, 1.82) is 0 Å². The average molecular weight is 316 g/mol. The van der Waals surface area contributed by atoms with E-state index in [1.54, 1.807) is 23.7 Å². The maximum absolute atomic E-state index is 12.0. The van der Waals surface area contributed by atoms with Crippen molar-refractivity contribution in [1.82, 2.24) is 10.3 Å². The van der Waals surface area contributed by atoms with E-state index < -0.39 is 0 Å². The third-order valence-electron chi connectivity index (χ3n) is 2.41. The normalized spacial score (nSPS) is 10.5. The molecule has 1 heterocycles. The first-order valence-electron chi connectivity index (χ1n) is 5.51. The van der Waals surface area contributed by atoms with E-state index in [4.69, 9.17) is 28.9 Å². The monoisotopic (exact) mass is 315 g/mol. The Morgan fingerprint density at radius 3 is 2.95 bits per heavy atom. The molecule has 0 saturated heterocycles. The summed E-state index contributed by atoms with van der Waals surface area (Å²) in [5.74, 6) is -0.266. The summed E-state index contributed by atoms with van der Waals surface area (Å²) >= 11 is 13.5. The summed E-state index contributed by atoms with van der Waals surface area (Å²) in [7, 11) is 0. The molecule has 0 aliphatic carbocycles. The predicted molar refractivity (Wildman–Crippen MR) is 79.0 cm³/mol. The zero-order valence-corrected chi connectivity index (χ0v) is 12.1. The molecular weight excluding hydrogens is 305 g/mol. The standard InChI is InChI=1S/C12H11Cl2N3OS/c13-8-3-1-2-7(9(8)14)11-10(17-6-19-11)12(18)16-5-4-15/h1-3,6H,4-5,15H2,(H,16,18). The molecule has 2 aromatic rings. The largest absolute Gasteiger partial charge is 0.349 e. The lowest BCUT2D eigenvalue weighted by Crippen LogP contribution is -2.29. The molecule has 3 N–H and O–H groups in total. The van der Waals surface area contributed by atoms with Gasteiger partial charge in [0.1, 0.15) is 5.69 Å². The number of amides is 1. The molecule has 0 radical (unpaired) electrons. The molecule has 1 aromatic heterocycles. The molecule has 0 aliphatic rings. The zero-order valence-electron chi connectivity index (χ0n) is 9.82. The van der Waals surface area contributed by atoms with Gasteiger partial charge < -0.3 is 11.1 Å². The van der Waals surface area contributed by atoms with Crippen LogP contribution in [0.4, 0.5) is 0 Å². The fourth-order valence-electron chi connectivity index (χ4n) is 1.55. The van der Waals surface area contributed by atoms with Crippen molar-refractivity contribution >= 4 is 40.4 Å². The van der Waals surface area contributed by atoms with E-state index >= 15 is 0 Å². The van der Waals surface area contributed by atoms with E-state index in [2.05, 4.69) is 10.3 Å². The van der Waals surface area contributed by atoms with Crippen LogP contribution >= 0.6 is 34.5 Å². The van der Waals surface area contributed by atoms with Gasteiger partial charge in [0.25, 0.3) is 5.91 Å². The van der Waals surface area contributed by atoms with Gasteiger partial charge in [-0.05, 0) is 6.07 Å². The second-order valence-corrected chi connectivity index (χ2v) is 5.32. The van der Waals surface area contributed by atoms with Crippen molar-refractivity contribution in [2.45, 2.75) is 0 Å². The molecule has 1 aromatic carbocycles. The Bertz CT molecular complexity index is 600. The summed E-state index contributed by atoms with van der Waals surface area (Å²) in [6.07, 6.45) is 0. The summed E-state index contributed by atoms with van der Waals surface area (Å²) in [6, 6.07) is 5.29. The number of nitrogens with two attached hydrogens (primary N) is 1. The van der Waals surface area contributed by atoms with Crippen LogP contribution in [-0.2, 0) is 0 Å². The Balaban J connectivity index is 2.39. The number of nitrogens with zero attached hydrogens (tertiary/aromatic N) is 1. The van der Waals surface area contributed by atoms with Crippen LogP contribution in [0.15, 0.2) is 23.7 Å². The van der Waals surface area contributed by atoms with Gasteiger partial charge >= 0.3 is 0 Å². The first-order valence-corrected chi connectivity index (χ1v) is 7.15. The van der Waals surface area contributed by atoms with Gasteiger partial charge in [-0.3, -0.25) is 4.79 Å². The minimum atomic E-state index is -0.266. The number of rotatable bonds is 4. The van der Waals surface area contributed by atoms with Crippen molar-refractivity contribution in [2.24, 2.45) is 5.73 Å². The zero-order chi connectivity index (χ0) is 13.8. The highest BCUT2D eigenvalue weighted by molar-refractivity contribution is 7.13. The van der Waals surface area contributed by atoms with Gasteiger partial charge in [-0.2, -0.15) is 0 Å². The molecule has 0 bridgehead atoms. The minimum absolute atomic E-state index is 0.266. The van der Waals surface area contributed by atoms with Crippen molar-refractivity contribution in [3.05, 3.63) is 39.4 Å². The molecule has 0 fully saturated rings. The van der Waals surface area contributed by atoms with Crippen LogP contribution in [0.1, 0.15) is 10.5 Å². The lowest BCUT2D eigenvalue weighted by Gasteiger charge is -2.06. The topological polar surface area (TPSA) is 68.0 Å². The van der Waals surface area contributed by atoms with Crippen molar-refractivity contribution < 1.29 is 4.79 Å². The average Bonchev–Trinajstić information content (AvgIpc) is 2.88. The first kappa shape index (κ1) is 14.3. The van der Waals surface area contributed by atoms with Crippen LogP contribution in [0.2, 0.25) is 10.0 Å². The van der Waals surface area contributed by atoms with Gasteiger partial charge in [-0.1, -0.05) is 35.3 Å². The Kier molecular flexibility index (Phi) is 4.76. The number of thiazole rings is 1. The number of nitrogens with one attached hydrogen (secondary N) is 1. The quantitative estimate of drug-likeness (QED) is 0.911. The molecule has 7 heteroatoms. The van der Waals surface area contributed by atoms with Crippen LogP contribution in [0.25, 0.3) is 10.4 Å². The number of aromatic nitrogens is 1. The lowest BCUT2D eigenvalue weighted by atomic mass is 10.1. The Hall–Kier alpha value is -1.14. The van der Waals surface area contributed by atoms with Gasteiger partial charge in [0.2, 0.25) is 0 Å². The van der Waals surface area contributed by atoms with Gasteiger partial charge in [-0.25, -0.2) is 4.98 Å².